The third kappa shape index (κ3) is 3.12. The Kier molecular flexibility index (Phi) is 4.39. The first-order valence-electron chi connectivity index (χ1n) is 6.18. The molecule has 0 aliphatic heterocycles. The number of nitrogens with zero attached hydrogens (tertiary/aromatic N) is 2. The Morgan fingerprint density at radius 2 is 2.22 bits per heavy atom. The second-order valence-corrected chi connectivity index (χ2v) is 4.94. The molecule has 1 aromatic carbocycles. The van der Waals surface area contributed by atoms with Crippen molar-refractivity contribution in [2.75, 3.05) is 13.6 Å². The fourth-order valence-corrected chi connectivity index (χ4v) is 2.26. The molecule has 4 heteroatoms. The largest absolute Gasteiger partial charge is 0.302 e. The number of nitrogens with one attached hydrogen (secondary N) is 1. The number of H-pyrrole nitrogens is 1. The monoisotopic (exact) mass is 263 g/mol. The highest BCUT2D eigenvalue weighted by Crippen LogP contribution is 2.24. The van der Waals surface area contributed by atoms with Gasteiger partial charge in [-0.25, -0.2) is 0 Å². The van der Waals surface area contributed by atoms with E-state index in [4.69, 9.17) is 11.6 Å². The van der Waals surface area contributed by atoms with Crippen LogP contribution in [0.4, 0.5) is 0 Å². The molecule has 96 valence electrons. The van der Waals surface area contributed by atoms with Gasteiger partial charge < -0.3 is 4.90 Å². The van der Waals surface area contributed by atoms with Gasteiger partial charge in [0.25, 0.3) is 0 Å². The van der Waals surface area contributed by atoms with Crippen LogP contribution in [0.1, 0.15) is 18.9 Å². The minimum Gasteiger partial charge on any atom is -0.302 e. The van der Waals surface area contributed by atoms with E-state index in [-0.39, 0.29) is 0 Å². The first-order valence-corrected chi connectivity index (χ1v) is 6.55. The number of hydrogen-bond donors (Lipinski definition) is 1. The van der Waals surface area contributed by atoms with E-state index in [0.717, 1.165) is 35.8 Å². The summed E-state index contributed by atoms with van der Waals surface area (Å²) in [7, 11) is 2.12. The lowest BCUT2D eigenvalue weighted by molar-refractivity contribution is 0.328. The van der Waals surface area contributed by atoms with Crippen molar-refractivity contribution in [2.45, 2.75) is 19.9 Å². The lowest BCUT2D eigenvalue weighted by atomic mass is 10.1. The van der Waals surface area contributed by atoms with Gasteiger partial charge in [0, 0.05) is 28.9 Å². The van der Waals surface area contributed by atoms with Gasteiger partial charge in [-0.15, -0.1) is 0 Å². The molecule has 1 aromatic heterocycles. The molecule has 0 aliphatic carbocycles. The smallest absolute Gasteiger partial charge is 0.0966 e. The zero-order chi connectivity index (χ0) is 13.0. The lowest BCUT2D eigenvalue weighted by Gasteiger charge is -2.15. The number of hydrogen-bond acceptors (Lipinski definition) is 2. The molecule has 0 saturated heterocycles. The maximum absolute atomic E-state index is 6.02. The molecule has 0 radical (unpaired) electrons. The van der Waals surface area contributed by atoms with Crippen molar-refractivity contribution in [3.8, 4) is 11.3 Å². The fourth-order valence-electron chi connectivity index (χ4n) is 2.07. The van der Waals surface area contributed by atoms with E-state index in [0.29, 0.717) is 0 Å². The van der Waals surface area contributed by atoms with Crippen LogP contribution in [0.15, 0.2) is 30.5 Å². The van der Waals surface area contributed by atoms with Crippen LogP contribution in [-0.4, -0.2) is 28.7 Å². The molecular formula is C14H18ClN3. The minimum absolute atomic E-state index is 0.739. The maximum Gasteiger partial charge on any atom is 0.0966 e. The second-order valence-electron chi connectivity index (χ2n) is 4.51. The highest BCUT2D eigenvalue weighted by Gasteiger charge is 2.10. The molecular weight excluding hydrogens is 246 g/mol. The zero-order valence-electron chi connectivity index (χ0n) is 10.8. The van der Waals surface area contributed by atoms with Gasteiger partial charge in [-0.2, -0.15) is 5.10 Å². The van der Waals surface area contributed by atoms with E-state index >= 15 is 0 Å². The summed E-state index contributed by atoms with van der Waals surface area (Å²) in [4.78, 5) is 2.29. The Morgan fingerprint density at radius 1 is 1.39 bits per heavy atom. The molecule has 0 bridgehead atoms. The summed E-state index contributed by atoms with van der Waals surface area (Å²) in [5.74, 6) is 0. The molecule has 0 saturated carbocycles. The number of aromatic amines is 1. The van der Waals surface area contributed by atoms with E-state index in [9.17, 15) is 0 Å². The van der Waals surface area contributed by atoms with Crippen molar-refractivity contribution < 1.29 is 0 Å². The summed E-state index contributed by atoms with van der Waals surface area (Å²) < 4.78 is 0. The van der Waals surface area contributed by atoms with E-state index in [2.05, 4.69) is 29.1 Å². The van der Waals surface area contributed by atoms with Crippen LogP contribution in [0.2, 0.25) is 5.02 Å². The summed E-state index contributed by atoms with van der Waals surface area (Å²) in [5.41, 5.74) is 3.25. The van der Waals surface area contributed by atoms with E-state index in [1.165, 1.54) is 5.56 Å². The van der Waals surface area contributed by atoms with Crippen molar-refractivity contribution in [3.63, 3.8) is 0 Å². The van der Waals surface area contributed by atoms with Crippen LogP contribution < -0.4 is 0 Å². The second kappa shape index (κ2) is 6.03. The molecule has 0 unspecified atom stereocenters. The van der Waals surface area contributed by atoms with Gasteiger partial charge >= 0.3 is 0 Å². The molecule has 1 heterocycles. The van der Waals surface area contributed by atoms with Crippen molar-refractivity contribution in [3.05, 3.63) is 41.0 Å². The summed E-state index contributed by atoms with van der Waals surface area (Å²) in [5, 5.41) is 8.01. The van der Waals surface area contributed by atoms with Crippen LogP contribution >= 0.6 is 11.6 Å². The lowest BCUT2D eigenvalue weighted by Crippen LogP contribution is -2.18. The molecule has 0 fully saturated rings. The number of rotatable bonds is 5. The van der Waals surface area contributed by atoms with E-state index in [1.807, 2.05) is 30.5 Å². The third-order valence-electron chi connectivity index (χ3n) is 2.86. The summed E-state index contributed by atoms with van der Waals surface area (Å²) in [6.45, 7) is 4.16. The van der Waals surface area contributed by atoms with E-state index in [1.54, 1.807) is 0 Å². The third-order valence-corrected chi connectivity index (χ3v) is 3.10. The predicted molar refractivity (Wildman–Crippen MR) is 75.7 cm³/mol. The molecule has 0 aliphatic rings. The Balaban J connectivity index is 2.22. The van der Waals surface area contributed by atoms with Gasteiger partial charge in [-0.05, 0) is 32.1 Å². The van der Waals surface area contributed by atoms with E-state index < -0.39 is 0 Å². The standard InChI is InChI=1S/C14H18ClN3/c1-3-7-18(2)10-12-9-16-17-14(12)11-5-4-6-13(15)8-11/h4-6,8-9H,3,7,10H2,1-2H3,(H,16,17). The molecule has 2 aromatic rings. The van der Waals surface area contributed by atoms with Crippen LogP contribution in [-0.2, 0) is 6.54 Å². The maximum atomic E-state index is 6.02. The molecule has 0 amide bonds. The van der Waals surface area contributed by atoms with Crippen molar-refractivity contribution >= 4 is 11.6 Å². The highest BCUT2D eigenvalue weighted by molar-refractivity contribution is 6.30. The SMILES string of the molecule is CCCN(C)Cc1c[nH]nc1-c1cccc(Cl)c1. The van der Waals surface area contributed by atoms with Gasteiger partial charge in [-0.1, -0.05) is 30.7 Å². The van der Waals surface area contributed by atoms with Crippen molar-refractivity contribution in [1.29, 1.82) is 0 Å². The Hall–Kier alpha value is -1.32. The van der Waals surface area contributed by atoms with Gasteiger partial charge in [0.15, 0.2) is 0 Å². The van der Waals surface area contributed by atoms with Gasteiger partial charge in [-0.3, -0.25) is 5.10 Å². The number of benzene rings is 1. The average Bonchev–Trinajstić information content (AvgIpc) is 2.77. The molecule has 1 N–H and O–H groups in total. The van der Waals surface area contributed by atoms with Crippen LogP contribution in [0.5, 0.6) is 0 Å². The van der Waals surface area contributed by atoms with Gasteiger partial charge in [0.05, 0.1) is 5.69 Å². The minimum atomic E-state index is 0.739. The Bertz CT molecular complexity index is 507. The van der Waals surface area contributed by atoms with Gasteiger partial charge in [0.2, 0.25) is 0 Å². The normalized spacial score (nSPS) is 11.1. The molecule has 0 spiro atoms. The molecule has 18 heavy (non-hydrogen) atoms. The van der Waals surface area contributed by atoms with Crippen LogP contribution in [0.3, 0.4) is 0 Å². The molecule has 0 atom stereocenters. The zero-order valence-corrected chi connectivity index (χ0v) is 11.5. The number of aromatic nitrogens is 2. The Labute approximate surface area is 113 Å². The highest BCUT2D eigenvalue weighted by atomic mass is 35.5. The van der Waals surface area contributed by atoms with Crippen LogP contribution in [0.25, 0.3) is 11.3 Å². The summed E-state index contributed by atoms with van der Waals surface area (Å²) in [6, 6.07) is 7.80. The quantitative estimate of drug-likeness (QED) is 0.894. The van der Waals surface area contributed by atoms with Gasteiger partial charge in [0.1, 0.15) is 0 Å². The first kappa shape index (κ1) is 13.1. The van der Waals surface area contributed by atoms with Crippen molar-refractivity contribution in [1.82, 2.24) is 15.1 Å². The fraction of sp³-hybridized carbons (Fsp3) is 0.357. The first-order chi connectivity index (χ1) is 8.70. The predicted octanol–water partition coefficient (Wildman–Crippen LogP) is 3.57. The topological polar surface area (TPSA) is 31.9 Å². The average molecular weight is 264 g/mol. The Morgan fingerprint density at radius 3 is 2.94 bits per heavy atom. The van der Waals surface area contributed by atoms with Crippen molar-refractivity contribution in [2.24, 2.45) is 0 Å². The number of halogens is 1. The summed E-state index contributed by atoms with van der Waals surface area (Å²) in [6.07, 6.45) is 3.11. The van der Waals surface area contributed by atoms with Crippen LogP contribution in [0, 0.1) is 0 Å². The molecule has 2 rings (SSSR count). The molecule has 3 nitrogen and oxygen atoms in total. The summed E-state index contributed by atoms with van der Waals surface area (Å²) >= 11 is 6.02.